The third-order valence-electron chi connectivity index (χ3n) is 5.67. The molecule has 0 spiro atoms. The summed E-state index contributed by atoms with van der Waals surface area (Å²) in [4.78, 5) is 17.2. The average Bonchev–Trinajstić information content (AvgIpc) is 3.20. The van der Waals surface area contributed by atoms with Crippen LogP contribution >= 0.6 is 0 Å². The molecule has 164 valence electrons. The average molecular weight is 429 g/mol. The Labute approximate surface area is 188 Å². The van der Waals surface area contributed by atoms with E-state index >= 15 is 0 Å². The van der Waals surface area contributed by atoms with E-state index in [0.717, 1.165) is 28.6 Å². The molecule has 1 N–H and O–H groups in total. The maximum Gasteiger partial charge on any atom is 0.251 e. The molecule has 5 nitrogen and oxygen atoms in total. The zero-order valence-corrected chi connectivity index (χ0v) is 18.9. The van der Waals surface area contributed by atoms with E-state index in [-0.39, 0.29) is 12.0 Å². The minimum Gasteiger partial charge on any atom is -0.491 e. The summed E-state index contributed by atoms with van der Waals surface area (Å²) in [6.45, 7) is 8.65. The van der Waals surface area contributed by atoms with Gasteiger partial charge in [0.25, 0.3) is 5.91 Å². The summed E-state index contributed by atoms with van der Waals surface area (Å²) in [6.07, 6.45) is 1.02. The first-order chi connectivity index (χ1) is 15.4. The van der Waals surface area contributed by atoms with E-state index < -0.39 is 0 Å². The summed E-state index contributed by atoms with van der Waals surface area (Å²) in [5, 5.41) is 2.97. The molecule has 1 amide bonds. The van der Waals surface area contributed by atoms with Crippen LogP contribution in [0.3, 0.4) is 0 Å². The van der Waals surface area contributed by atoms with Crippen molar-refractivity contribution in [3.8, 4) is 17.2 Å². The van der Waals surface area contributed by atoms with Gasteiger partial charge in [-0.2, -0.15) is 0 Å². The number of nitrogens with zero attached hydrogens (tertiary/aromatic N) is 1. The van der Waals surface area contributed by atoms with E-state index in [4.69, 9.17) is 9.15 Å². The van der Waals surface area contributed by atoms with Crippen LogP contribution in [0.25, 0.3) is 22.6 Å². The van der Waals surface area contributed by atoms with Gasteiger partial charge in [0.15, 0.2) is 5.58 Å². The molecule has 1 atom stereocenters. The van der Waals surface area contributed by atoms with Gasteiger partial charge in [0.05, 0.1) is 6.10 Å². The highest BCUT2D eigenvalue weighted by molar-refractivity contribution is 5.94. The Kier molecular flexibility index (Phi) is 6.26. The highest BCUT2D eigenvalue weighted by Crippen LogP contribution is 2.26. The standard InChI is InChI=1S/C27H28N2O3/c1-5-19(4)31-23-8-6-7-22(15-23)26(30)28-16-20-9-11-21(12-10-20)27-29-24-13-17(2)18(3)14-25(24)32-27/h6-15,19H,5,16H2,1-4H3,(H,28,30)/t19-/m1/s1. The number of ether oxygens (including phenoxy) is 1. The molecule has 4 aromatic rings. The largest absolute Gasteiger partial charge is 0.491 e. The van der Waals surface area contributed by atoms with Crippen molar-refractivity contribution in [1.29, 1.82) is 0 Å². The Morgan fingerprint density at radius 1 is 1.06 bits per heavy atom. The van der Waals surface area contributed by atoms with Gasteiger partial charge in [-0.15, -0.1) is 0 Å². The number of aryl methyl sites for hydroxylation is 2. The fourth-order valence-electron chi connectivity index (χ4n) is 3.38. The zero-order valence-electron chi connectivity index (χ0n) is 18.9. The zero-order chi connectivity index (χ0) is 22.7. The molecule has 4 rings (SSSR count). The molecule has 0 bridgehead atoms. The number of rotatable bonds is 7. The molecule has 3 aromatic carbocycles. The molecule has 0 unspecified atom stereocenters. The van der Waals surface area contributed by atoms with Gasteiger partial charge in [-0.1, -0.05) is 25.1 Å². The molecule has 0 fully saturated rings. The molecular formula is C27H28N2O3. The molecule has 0 saturated carbocycles. The highest BCUT2D eigenvalue weighted by Gasteiger charge is 2.11. The van der Waals surface area contributed by atoms with Gasteiger partial charge in [-0.05, 0) is 86.3 Å². The number of fused-ring (bicyclic) bond motifs is 1. The first-order valence-corrected chi connectivity index (χ1v) is 10.9. The van der Waals surface area contributed by atoms with Crippen LogP contribution in [0.2, 0.25) is 0 Å². The smallest absolute Gasteiger partial charge is 0.251 e. The van der Waals surface area contributed by atoms with E-state index in [1.54, 1.807) is 12.1 Å². The third-order valence-corrected chi connectivity index (χ3v) is 5.67. The Hall–Kier alpha value is -3.60. The molecule has 0 aliphatic carbocycles. The molecule has 1 heterocycles. The van der Waals surface area contributed by atoms with Crippen molar-refractivity contribution in [2.24, 2.45) is 0 Å². The van der Waals surface area contributed by atoms with Crippen molar-refractivity contribution in [2.75, 3.05) is 0 Å². The number of benzene rings is 3. The molecular weight excluding hydrogens is 400 g/mol. The normalized spacial score (nSPS) is 12.0. The van der Waals surface area contributed by atoms with E-state index in [9.17, 15) is 4.79 Å². The summed E-state index contributed by atoms with van der Waals surface area (Å²) >= 11 is 0. The predicted octanol–water partition coefficient (Wildman–Crippen LogP) is 6.22. The predicted molar refractivity (Wildman–Crippen MR) is 127 cm³/mol. The van der Waals surface area contributed by atoms with Crippen molar-refractivity contribution in [2.45, 2.75) is 46.8 Å². The number of amides is 1. The van der Waals surface area contributed by atoms with Crippen molar-refractivity contribution >= 4 is 17.0 Å². The number of nitrogens with one attached hydrogen (secondary N) is 1. The number of carbonyl (C=O) groups is 1. The van der Waals surface area contributed by atoms with Crippen LogP contribution in [0.5, 0.6) is 5.75 Å². The minimum atomic E-state index is -0.131. The molecule has 0 aliphatic heterocycles. The van der Waals surface area contributed by atoms with E-state index in [2.05, 4.69) is 31.1 Å². The molecule has 0 saturated heterocycles. The molecule has 32 heavy (non-hydrogen) atoms. The summed E-state index contributed by atoms with van der Waals surface area (Å²) in [6, 6.07) is 19.2. The Morgan fingerprint density at radius 3 is 2.56 bits per heavy atom. The Morgan fingerprint density at radius 2 is 1.81 bits per heavy atom. The van der Waals surface area contributed by atoms with Crippen LogP contribution in [0.4, 0.5) is 0 Å². The van der Waals surface area contributed by atoms with Crippen molar-refractivity contribution < 1.29 is 13.9 Å². The van der Waals surface area contributed by atoms with Gasteiger partial charge < -0.3 is 14.5 Å². The van der Waals surface area contributed by atoms with Gasteiger partial charge >= 0.3 is 0 Å². The van der Waals surface area contributed by atoms with Gasteiger partial charge in [0, 0.05) is 17.7 Å². The molecule has 0 radical (unpaired) electrons. The topological polar surface area (TPSA) is 64.4 Å². The lowest BCUT2D eigenvalue weighted by Gasteiger charge is -2.13. The fourth-order valence-corrected chi connectivity index (χ4v) is 3.38. The number of carbonyl (C=O) groups excluding carboxylic acids is 1. The number of aromatic nitrogens is 1. The summed E-state index contributed by atoms with van der Waals surface area (Å²) in [5.74, 6) is 1.17. The lowest BCUT2D eigenvalue weighted by Crippen LogP contribution is -2.22. The number of oxazole rings is 1. The Bertz CT molecular complexity index is 1200. The molecule has 1 aromatic heterocycles. The first-order valence-electron chi connectivity index (χ1n) is 10.9. The fraction of sp³-hybridized carbons (Fsp3) is 0.259. The minimum absolute atomic E-state index is 0.112. The van der Waals surface area contributed by atoms with Crippen LogP contribution < -0.4 is 10.1 Å². The quantitative estimate of drug-likeness (QED) is 0.380. The van der Waals surface area contributed by atoms with Gasteiger partial charge in [-0.3, -0.25) is 4.79 Å². The van der Waals surface area contributed by atoms with Crippen molar-refractivity contribution in [1.82, 2.24) is 10.3 Å². The second kappa shape index (κ2) is 9.27. The lowest BCUT2D eigenvalue weighted by molar-refractivity contribution is 0.0950. The highest BCUT2D eigenvalue weighted by atomic mass is 16.5. The first kappa shape index (κ1) is 21.6. The lowest BCUT2D eigenvalue weighted by atomic mass is 10.1. The summed E-state index contributed by atoms with van der Waals surface area (Å²) in [7, 11) is 0. The maximum absolute atomic E-state index is 12.6. The Balaban J connectivity index is 1.41. The molecule has 5 heteroatoms. The van der Waals surface area contributed by atoms with E-state index in [0.29, 0.717) is 23.7 Å². The van der Waals surface area contributed by atoms with Gasteiger partial charge in [-0.25, -0.2) is 4.98 Å². The van der Waals surface area contributed by atoms with Crippen LogP contribution in [-0.2, 0) is 6.54 Å². The monoisotopic (exact) mass is 428 g/mol. The second-order valence-electron chi connectivity index (χ2n) is 8.17. The third kappa shape index (κ3) is 4.83. The maximum atomic E-state index is 12.6. The number of hydrogen-bond donors (Lipinski definition) is 1. The SMILES string of the molecule is CC[C@@H](C)Oc1cccc(C(=O)NCc2ccc(-c3nc4cc(C)c(C)cc4o3)cc2)c1. The van der Waals surface area contributed by atoms with E-state index in [1.165, 1.54) is 11.1 Å². The van der Waals surface area contributed by atoms with Gasteiger partial charge in [0.1, 0.15) is 11.3 Å². The van der Waals surface area contributed by atoms with Crippen molar-refractivity contribution in [3.05, 3.63) is 82.9 Å². The van der Waals surface area contributed by atoms with E-state index in [1.807, 2.05) is 55.5 Å². The van der Waals surface area contributed by atoms with Crippen LogP contribution in [-0.4, -0.2) is 17.0 Å². The summed E-state index contributed by atoms with van der Waals surface area (Å²) < 4.78 is 11.8. The van der Waals surface area contributed by atoms with Crippen LogP contribution in [0.15, 0.2) is 65.1 Å². The number of hydrogen-bond acceptors (Lipinski definition) is 4. The van der Waals surface area contributed by atoms with Crippen molar-refractivity contribution in [3.63, 3.8) is 0 Å². The van der Waals surface area contributed by atoms with Crippen LogP contribution in [0, 0.1) is 13.8 Å². The summed E-state index contributed by atoms with van der Waals surface area (Å²) in [5.41, 5.74) is 6.51. The second-order valence-corrected chi connectivity index (χ2v) is 8.17. The van der Waals surface area contributed by atoms with Gasteiger partial charge in [0.2, 0.25) is 5.89 Å². The molecule has 0 aliphatic rings. The van der Waals surface area contributed by atoms with Crippen LogP contribution in [0.1, 0.15) is 47.3 Å².